The number of sulfone groups is 1. The van der Waals surface area contributed by atoms with E-state index in [2.05, 4.69) is 0 Å². The number of carbonyl (C=O) groups excluding carboxylic acids is 2. The van der Waals surface area contributed by atoms with Crippen LogP contribution in [0.4, 0.5) is 0 Å². The molecule has 1 amide bonds. The molecule has 0 bridgehead atoms. The van der Waals surface area contributed by atoms with E-state index in [4.69, 9.17) is 4.74 Å². The molecule has 1 saturated heterocycles. The number of benzene rings is 2. The first kappa shape index (κ1) is 23.8. The maximum absolute atomic E-state index is 13.1. The minimum Gasteiger partial charge on any atom is -0.452 e. The maximum atomic E-state index is 13.1. The van der Waals surface area contributed by atoms with Crippen LogP contribution < -0.4 is 0 Å². The summed E-state index contributed by atoms with van der Waals surface area (Å²) in [5.41, 5.74) is 3.82. The van der Waals surface area contributed by atoms with E-state index in [1.807, 2.05) is 79.1 Å². The molecule has 1 aromatic heterocycles. The topological polar surface area (TPSA) is 85.7 Å². The molecule has 178 valence electrons. The van der Waals surface area contributed by atoms with Gasteiger partial charge in [0.05, 0.1) is 17.1 Å². The van der Waals surface area contributed by atoms with Gasteiger partial charge in [-0.05, 0) is 44.0 Å². The van der Waals surface area contributed by atoms with E-state index in [1.165, 1.54) is 4.90 Å². The van der Waals surface area contributed by atoms with Crippen LogP contribution in [0.3, 0.4) is 0 Å². The van der Waals surface area contributed by atoms with Crippen molar-refractivity contribution in [2.45, 2.75) is 32.9 Å². The van der Waals surface area contributed by atoms with Crippen LogP contribution in [0, 0.1) is 13.8 Å². The highest BCUT2D eigenvalue weighted by molar-refractivity contribution is 7.91. The SMILES string of the molecule is Cc1cc(C(=O)OCC(=O)N(Cc2ccccc2)C2CCS(=O)(=O)C2)c(C)n1-c1ccccc1. The van der Waals surface area contributed by atoms with Crippen molar-refractivity contribution in [3.8, 4) is 5.69 Å². The van der Waals surface area contributed by atoms with Crippen molar-refractivity contribution in [1.82, 2.24) is 9.47 Å². The minimum atomic E-state index is -3.18. The van der Waals surface area contributed by atoms with Gasteiger partial charge in [-0.25, -0.2) is 13.2 Å². The van der Waals surface area contributed by atoms with Crippen molar-refractivity contribution >= 4 is 21.7 Å². The number of hydrogen-bond donors (Lipinski definition) is 0. The molecule has 2 heterocycles. The van der Waals surface area contributed by atoms with Crippen LogP contribution >= 0.6 is 0 Å². The Morgan fingerprint density at radius 3 is 2.29 bits per heavy atom. The van der Waals surface area contributed by atoms with E-state index in [-0.39, 0.29) is 18.1 Å². The zero-order chi connectivity index (χ0) is 24.3. The number of para-hydroxylation sites is 1. The normalized spacial score (nSPS) is 16.8. The van der Waals surface area contributed by atoms with Crippen LogP contribution in [-0.2, 0) is 25.9 Å². The Morgan fingerprint density at radius 1 is 1.03 bits per heavy atom. The molecule has 1 aliphatic rings. The molecule has 0 aliphatic carbocycles. The molecule has 8 heteroatoms. The van der Waals surface area contributed by atoms with Crippen LogP contribution in [0.25, 0.3) is 5.69 Å². The third-order valence-corrected chi connectivity index (χ3v) is 7.91. The summed E-state index contributed by atoms with van der Waals surface area (Å²) in [6.45, 7) is 3.56. The number of hydrogen-bond acceptors (Lipinski definition) is 5. The first-order chi connectivity index (χ1) is 16.2. The molecule has 7 nitrogen and oxygen atoms in total. The third kappa shape index (κ3) is 5.22. The largest absolute Gasteiger partial charge is 0.452 e. The van der Waals surface area contributed by atoms with Crippen LogP contribution in [0.15, 0.2) is 66.7 Å². The number of ether oxygens (including phenoxy) is 1. The minimum absolute atomic E-state index is 0.0570. The fourth-order valence-electron chi connectivity index (χ4n) is 4.45. The number of amides is 1. The van der Waals surface area contributed by atoms with E-state index in [9.17, 15) is 18.0 Å². The summed E-state index contributed by atoms with van der Waals surface area (Å²) < 4.78 is 31.4. The first-order valence-corrected chi connectivity index (χ1v) is 13.0. The van der Waals surface area contributed by atoms with E-state index in [1.54, 1.807) is 6.07 Å². The average molecular weight is 481 g/mol. The lowest BCUT2D eigenvalue weighted by molar-refractivity contribution is -0.137. The van der Waals surface area contributed by atoms with E-state index in [0.717, 1.165) is 22.6 Å². The predicted molar refractivity (Wildman–Crippen MR) is 130 cm³/mol. The average Bonchev–Trinajstić information content (AvgIpc) is 3.34. The molecule has 1 aliphatic heterocycles. The van der Waals surface area contributed by atoms with Gasteiger partial charge in [-0.1, -0.05) is 48.5 Å². The van der Waals surface area contributed by atoms with Crippen LogP contribution in [0.1, 0.15) is 33.7 Å². The fourth-order valence-corrected chi connectivity index (χ4v) is 6.18. The smallest absolute Gasteiger partial charge is 0.340 e. The zero-order valence-electron chi connectivity index (χ0n) is 19.3. The molecule has 34 heavy (non-hydrogen) atoms. The van der Waals surface area contributed by atoms with Gasteiger partial charge in [0.25, 0.3) is 5.91 Å². The first-order valence-electron chi connectivity index (χ1n) is 11.2. The second-order valence-electron chi connectivity index (χ2n) is 8.60. The fraction of sp³-hybridized carbons (Fsp3) is 0.308. The maximum Gasteiger partial charge on any atom is 0.340 e. The van der Waals surface area contributed by atoms with Gasteiger partial charge in [0.15, 0.2) is 16.4 Å². The van der Waals surface area contributed by atoms with Crippen LogP contribution in [-0.4, -0.2) is 53.9 Å². The summed E-state index contributed by atoms with van der Waals surface area (Å²) in [6, 6.07) is 20.4. The molecule has 0 spiro atoms. The predicted octanol–water partition coefficient (Wildman–Crippen LogP) is 3.47. The zero-order valence-corrected chi connectivity index (χ0v) is 20.1. The number of rotatable bonds is 7. The van der Waals surface area contributed by atoms with Gasteiger partial charge < -0.3 is 14.2 Å². The number of aryl methyl sites for hydroxylation is 1. The molecule has 0 radical (unpaired) electrons. The van der Waals surface area contributed by atoms with Crippen LogP contribution in [0.5, 0.6) is 0 Å². The molecule has 3 aromatic rings. The third-order valence-electron chi connectivity index (χ3n) is 6.16. The van der Waals surface area contributed by atoms with Crippen LogP contribution in [0.2, 0.25) is 0 Å². The number of aromatic nitrogens is 1. The van der Waals surface area contributed by atoms with Gasteiger partial charge >= 0.3 is 5.97 Å². The highest BCUT2D eigenvalue weighted by Crippen LogP contribution is 2.23. The van der Waals surface area contributed by atoms with Crippen molar-refractivity contribution < 1.29 is 22.7 Å². The molecule has 1 unspecified atom stereocenters. The molecule has 1 fully saturated rings. The molecular weight excluding hydrogens is 452 g/mol. The quantitative estimate of drug-likeness (QED) is 0.484. The lowest BCUT2D eigenvalue weighted by Gasteiger charge is -2.28. The van der Waals surface area contributed by atoms with Gasteiger partial charge in [0.1, 0.15) is 0 Å². The summed E-state index contributed by atoms with van der Waals surface area (Å²) in [7, 11) is -3.18. The van der Waals surface area contributed by atoms with E-state index >= 15 is 0 Å². The lowest BCUT2D eigenvalue weighted by atomic mass is 10.1. The summed E-state index contributed by atoms with van der Waals surface area (Å²) in [5.74, 6) is -1.00. The molecular formula is C26H28N2O5S. The van der Waals surface area contributed by atoms with Gasteiger partial charge in [-0.2, -0.15) is 0 Å². The number of nitrogens with zero attached hydrogens (tertiary/aromatic N) is 2. The molecule has 2 aromatic carbocycles. The van der Waals surface area contributed by atoms with E-state index in [0.29, 0.717) is 12.0 Å². The van der Waals surface area contributed by atoms with Gasteiger partial charge in [-0.3, -0.25) is 4.79 Å². The second-order valence-corrected chi connectivity index (χ2v) is 10.8. The summed E-state index contributed by atoms with van der Waals surface area (Å²) in [6.07, 6.45) is 0.382. The summed E-state index contributed by atoms with van der Waals surface area (Å²) in [5, 5.41) is 0. The summed E-state index contributed by atoms with van der Waals surface area (Å²) in [4.78, 5) is 27.5. The van der Waals surface area contributed by atoms with E-state index < -0.39 is 34.4 Å². The second kappa shape index (κ2) is 9.85. The monoisotopic (exact) mass is 480 g/mol. The van der Waals surface area contributed by atoms with Crippen molar-refractivity contribution in [3.05, 3.63) is 89.2 Å². The Hall–Kier alpha value is -3.39. The van der Waals surface area contributed by atoms with Crippen molar-refractivity contribution in [2.75, 3.05) is 18.1 Å². The Bertz CT molecular complexity index is 1280. The molecule has 4 rings (SSSR count). The van der Waals surface area contributed by atoms with Gasteiger partial charge in [-0.15, -0.1) is 0 Å². The Morgan fingerprint density at radius 2 is 1.68 bits per heavy atom. The number of carbonyl (C=O) groups is 2. The van der Waals surface area contributed by atoms with Crippen molar-refractivity contribution in [2.24, 2.45) is 0 Å². The van der Waals surface area contributed by atoms with Crippen molar-refractivity contribution in [1.29, 1.82) is 0 Å². The van der Waals surface area contributed by atoms with Gasteiger partial charge in [0.2, 0.25) is 0 Å². The molecule has 1 atom stereocenters. The van der Waals surface area contributed by atoms with Crippen molar-refractivity contribution in [3.63, 3.8) is 0 Å². The summed E-state index contributed by atoms with van der Waals surface area (Å²) >= 11 is 0. The Balaban J connectivity index is 1.49. The highest BCUT2D eigenvalue weighted by atomic mass is 32.2. The lowest BCUT2D eigenvalue weighted by Crippen LogP contribution is -2.42. The molecule has 0 saturated carbocycles. The highest BCUT2D eigenvalue weighted by Gasteiger charge is 2.35. The van der Waals surface area contributed by atoms with Gasteiger partial charge in [0, 0.05) is 29.7 Å². The Kier molecular flexibility index (Phi) is 6.88. The number of esters is 1. The Labute approximate surface area is 199 Å². The standard InChI is InChI=1S/C26H28N2O5S/c1-19-15-24(20(2)28(19)22-11-7-4-8-12-22)26(30)33-17-25(29)27(16-21-9-5-3-6-10-21)23-13-14-34(31,32)18-23/h3-12,15,23H,13-14,16-18H2,1-2H3. The molecule has 0 N–H and O–H groups in total.